The maximum absolute atomic E-state index is 6.43. The van der Waals surface area contributed by atoms with Gasteiger partial charge in [0.05, 0.1) is 0 Å². The van der Waals surface area contributed by atoms with Gasteiger partial charge in [0.15, 0.2) is 0 Å². The van der Waals surface area contributed by atoms with E-state index in [1.165, 1.54) is 0 Å². The zero-order chi connectivity index (χ0) is 15.9. The molecule has 2 rings (SSSR count). The maximum atomic E-state index is 6.43. The molecule has 0 bridgehead atoms. The summed E-state index contributed by atoms with van der Waals surface area (Å²) in [6.45, 7) is 12.8. The van der Waals surface area contributed by atoms with E-state index in [4.69, 9.17) is 22.3 Å². The number of hydrogen-bond acceptors (Lipinski definition) is 2. The predicted molar refractivity (Wildman–Crippen MR) is 90.9 cm³/mol. The Kier molecular flexibility index (Phi) is 4.07. The molecular weight excluding hydrogens is 282 g/mol. The number of aryl methyl sites for hydroxylation is 1. The molecule has 2 aromatic rings. The minimum absolute atomic E-state index is 0.102. The Morgan fingerprint density at radius 1 is 1.24 bits per heavy atom. The first-order chi connectivity index (χ1) is 9.62. The number of anilines is 1. The van der Waals surface area contributed by atoms with Gasteiger partial charge in [-0.1, -0.05) is 31.5 Å². The second-order valence-corrected chi connectivity index (χ2v) is 7.26. The molecule has 1 aromatic carbocycles. The van der Waals surface area contributed by atoms with Gasteiger partial charge in [0, 0.05) is 22.0 Å². The summed E-state index contributed by atoms with van der Waals surface area (Å²) in [5.41, 5.74) is 9.31. The molecule has 2 N–H and O–H groups in total. The second-order valence-electron chi connectivity index (χ2n) is 6.82. The largest absolute Gasteiger partial charge is 0.383 e. The average Bonchev–Trinajstić information content (AvgIpc) is 2.67. The van der Waals surface area contributed by atoms with Crippen molar-refractivity contribution in [1.29, 1.82) is 0 Å². The SMILES string of the molecule is Cc1cc(Cl)ccc1-c1nc(C(C)C)n(C(C)(C)C)c1N. The molecule has 0 amide bonds. The van der Waals surface area contributed by atoms with Crippen molar-refractivity contribution in [2.45, 2.75) is 53.0 Å². The number of nitrogens with zero attached hydrogens (tertiary/aromatic N) is 2. The summed E-state index contributed by atoms with van der Waals surface area (Å²) in [5.74, 6) is 2.05. The molecule has 0 saturated heterocycles. The van der Waals surface area contributed by atoms with Crippen LogP contribution in [0.2, 0.25) is 5.02 Å². The van der Waals surface area contributed by atoms with E-state index < -0.39 is 0 Å². The van der Waals surface area contributed by atoms with Gasteiger partial charge in [-0.15, -0.1) is 0 Å². The molecule has 0 unspecified atom stereocenters. The van der Waals surface area contributed by atoms with Gasteiger partial charge in [-0.05, 0) is 45.4 Å². The number of rotatable bonds is 2. The van der Waals surface area contributed by atoms with Crippen LogP contribution in [-0.2, 0) is 5.54 Å². The molecular formula is C17H24ClN3. The van der Waals surface area contributed by atoms with Crippen LogP contribution >= 0.6 is 11.6 Å². The highest BCUT2D eigenvalue weighted by Crippen LogP contribution is 2.35. The average molecular weight is 306 g/mol. The topological polar surface area (TPSA) is 43.8 Å². The summed E-state index contributed by atoms with van der Waals surface area (Å²) in [6, 6.07) is 5.82. The summed E-state index contributed by atoms with van der Waals surface area (Å²) in [7, 11) is 0. The minimum atomic E-state index is -0.102. The Labute approximate surface area is 132 Å². The van der Waals surface area contributed by atoms with Crippen LogP contribution in [0.1, 0.15) is 51.9 Å². The van der Waals surface area contributed by atoms with Gasteiger partial charge in [0.25, 0.3) is 0 Å². The fourth-order valence-corrected chi connectivity index (χ4v) is 2.86. The Morgan fingerprint density at radius 2 is 1.86 bits per heavy atom. The molecule has 0 atom stereocenters. The predicted octanol–water partition coefficient (Wildman–Crippen LogP) is 4.97. The lowest BCUT2D eigenvalue weighted by Gasteiger charge is -2.26. The van der Waals surface area contributed by atoms with Crippen molar-refractivity contribution >= 4 is 17.4 Å². The number of aromatic nitrogens is 2. The van der Waals surface area contributed by atoms with Crippen molar-refractivity contribution in [3.63, 3.8) is 0 Å². The molecule has 3 nitrogen and oxygen atoms in total. The van der Waals surface area contributed by atoms with E-state index >= 15 is 0 Å². The third-order valence-corrected chi connectivity index (χ3v) is 3.80. The van der Waals surface area contributed by atoms with Gasteiger partial charge in [0.1, 0.15) is 17.3 Å². The Bertz CT molecular complexity index is 663. The maximum Gasteiger partial charge on any atom is 0.132 e. The smallest absolute Gasteiger partial charge is 0.132 e. The summed E-state index contributed by atoms with van der Waals surface area (Å²) in [6.07, 6.45) is 0. The molecule has 1 aromatic heterocycles. The van der Waals surface area contributed by atoms with Crippen molar-refractivity contribution in [1.82, 2.24) is 9.55 Å². The first-order valence-electron chi connectivity index (χ1n) is 7.28. The van der Waals surface area contributed by atoms with E-state index in [0.717, 1.165) is 33.5 Å². The third kappa shape index (κ3) is 2.93. The van der Waals surface area contributed by atoms with Crippen LogP contribution in [0.25, 0.3) is 11.3 Å². The number of benzene rings is 1. The molecule has 114 valence electrons. The van der Waals surface area contributed by atoms with Crippen molar-refractivity contribution in [2.75, 3.05) is 5.73 Å². The van der Waals surface area contributed by atoms with Gasteiger partial charge >= 0.3 is 0 Å². The first-order valence-corrected chi connectivity index (χ1v) is 7.66. The van der Waals surface area contributed by atoms with E-state index in [0.29, 0.717) is 5.92 Å². The van der Waals surface area contributed by atoms with Gasteiger partial charge in [-0.2, -0.15) is 0 Å². The third-order valence-electron chi connectivity index (χ3n) is 3.57. The van der Waals surface area contributed by atoms with Crippen molar-refractivity contribution in [3.05, 3.63) is 34.6 Å². The van der Waals surface area contributed by atoms with Gasteiger partial charge in [-0.3, -0.25) is 0 Å². The monoisotopic (exact) mass is 305 g/mol. The van der Waals surface area contributed by atoms with E-state index in [1.54, 1.807) is 0 Å². The fourth-order valence-electron chi connectivity index (χ4n) is 2.63. The molecule has 0 aliphatic carbocycles. The number of nitrogen functional groups attached to an aromatic ring is 1. The normalized spacial score (nSPS) is 12.2. The fraction of sp³-hybridized carbons (Fsp3) is 0.471. The van der Waals surface area contributed by atoms with Crippen molar-refractivity contribution < 1.29 is 0 Å². The summed E-state index contributed by atoms with van der Waals surface area (Å²) < 4.78 is 2.14. The first kappa shape index (κ1) is 15.9. The number of imidazole rings is 1. The van der Waals surface area contributed by atoms with Crippen molar-refractivity contribution in [2.24, 2.45) is 0 Å². The zero-order valence-corrected chi connectivity index (χ0v) is 14.4. The molecule has 0 aliphatic heterocycles. The van der Waals surface area contributed by atoms with Gasteiger partial charge in [0.2, 0.25) is 0 Å². The lowest BCUT2D eigenvalue weighted by Crippen LogP contribution is -2.26. The Balaban J connectivity index is 2.71. The number of nitrogens with two attached hydrogens (primary N) is 1. The summed E-state index contributed by atoms with van der Waals surface area (Å²) in [4.78, 5) is 4.83. The van der Waals surface area contributed by atoms with Crippen molar-refractivity contribution in [3.8, 4) is 11.3 Å². The van der Waals surface area contributed by atoms with Crippen LogP contribution in [0.3, 0.4) is 0 Å². The van der Waals surface area contributed by atoms with E-state index in [2.05, 4.69) is 39.2 Å². The molecule has 0 radical (unpaired) electrons. The minimum Gasteiger partial charge on any atom is -0.383 e. The highest BCUT2D eigenvalue weighted by molar-refractivity contribution is 6.30. The molecule has 0 aliphatic rings. The van der Waals surface area contributed by atoms with Crippen LogP contribution in [-0.4, -0.2) is 9.55 Å². The molecule has 21 heavy (non-hydrogen) atoms. The quantitative estimate of drug-likeness (QED) is 0.851. The van der Waals surface area contributed by atoms with Gasteiger partial charge < -0.3 is 10.3 Å². The lowest BCUT2D eigenvalue weighted by molar-refractivity contribution is 0.382. The number of hydrogen-bond donors (Lipinski definition) is 1. The molecule has 0 saturated carbocycles. The zero-order valence-electron chi connectivity index (χ0n) is 13.7. The summed E-state index contributed by atoms with van der Waals surface area (Å²) in [5, 5.41) is 0.731. The Morgan fingerprint density at radius 3 is 2.29 bits per heavy atom. The number of halogens is 1. The van der Waals surface area contributed by atoms with Gasteiger partial charge in [-0.25, -0.2) is 4.98 Å². The van der Waals surface area contributed by atoms with Crippen LogP contribution < -0.4 is 5.73 Å². The molecule has 0 spiro atoms. The van der Waals surface area contributed by atoms with E-state index in [-0.39, 0.29) is 5.54 Å². The van der Waals surface area contributed by atoms with E-state index in [1.807, 2.05) is 25.1 Å². The Hall–Kier alpha value is -1.48. The lowest BCUT2D eigenvalue weighted by atomic mass is 10.0. The summed E-state index contributed by atoms with van der Waals surface area (Å²) >= 11 is 6.05. The van der Waals surface area contributed by atoms with Crippen LogP contribution in [0, 0.1) is 6.92 Å². The molecule has 4 heteroatoms. The molecule has 1 heterocycles. The standard InChI is InChI=1S/C17H24ClN3/c1-10(2)16-20-14(15(19)21(16)17(4,5)6)13-8-7-12(18)9-11(13)3/h7-10H,19H2,1-6H3. The van der Waals surface area contributed by atoms with Crippen LogP contribution in [0.4, 0.5) is 5.82 Å². The second kappa shape index (κ2) is 5.38. The van der Waals surface area contributed by atoms with Crippen LogP contribution in [0.15, 0.2) is 18.2 Å². The highest BCUT2D eigenvalue weighted by Gasteiger charge is 2.26. The molecule has 0 fully saturated rings. The highest BCUT2D eigenvalue weighted by atomic mass is 35.5. The van der Waals surface area contributed by atoms with E-state index in [9.17, 15) is 0 Å². The van der Waals surface area contributed by atoms with Crippen LogP contribution in [0.5, 0.6) is 0 Å².